The number of carboxylic acids is 1. The topological polar surface area (TPSA) is 65.0 Å². The SMILES string of the molecule is CCC(C)OCC1CCC(c2ccc3c(c2)OCO3)[C@H]1C(=O)O. The number of ether oxygens (including phenoxy) is 3. The molecule has 1 aliphatic carbocycles. The zero-order valence-corrected chi connectivity index (χ0v) is 13.7. The Morgan fingerprint density at radius 3 is 2.87 bits per heavy atom. The van der Waals surface area contributed by atoms with Crippen LogP contribution in [0.4, 0.5) is 0 Å². The van der Waals surface area contributed by atoms with Crippen molar-refractivity contribution in [2.75, 3.05) is 13.4 Å². The lowest BCUT2D eigenvalue weighted by molar-refractivity contribution is -0.144. The monoisotopic (exact) mass is 320 g/mol. The highest BCUT2D eigenvalue weighted by molar-refractivity contribution is 5.72. The number of aliphatic carboxylic acids is 1. The summed E-state index contributed by atoms with van der Waals surface area (Å²) in [5.41, 5.74) is 1.02. The summed E-state index contributed by atoms with van der Waals surface area (Å²) in [6, 6.07) is 5.77. The van der Waals surface area contributed by atoms with Crippen molar-refractivity contribution in [2.24, 2.45) is 11.8 Å². The summed E-state index contributed by atoms with van der Waals surface area (Å²) in [6.07, 6.45) is 2.86. The van der Waals surface area contributed by atoms with Crippen molar-refractivity contribution >= 4 is 5.97 Å². The van der Waals surface area contributed by atoms with Gasteiger partial charge in [0.2, 0.25) is 6.79 Å². The van der Waals surface area contributed by atoms with Gasteiger partial charge >= 0.3 is 5.97 Å². The van der Waals surface area contributed by atoms with Gasteiger partial charge in [-0.2, -0.15) is 0 Å². The van der Waals surface area contributed by atoms with Gasteiger partial charge in [-0.1, -0.05) is 13.0 Å². The fourth-order valence-electron chi connectivity index (χ4n) is 3.57. The van der Waals surface area contributed by atoms with Crippen molar-refractivity contribution < 1.29 is 24.1 Å². The zero-order chi connectivity index (χ0) is 16.4. The third-order valence-electron chi connectivity index (χ3n) is 5.07. The summed E-state index contributed by atoms with van der Waals surface area (Å²) < 4.78 is 16.6. The lowest BCUT2D eigenvalue weighted by Crippen LogP contribution is -2.27. The molecule has 0 spiro atoms. The fraction of sp³-hybridized carbons (Fsp3) is 0.611. The van der Waals surface area contributed by atoms with Crippen molar-refractivity contribution in [1.82, 2.24) is 0 Å². The predicted octanol–water partition coefficient (Wildman–Crippen LogP) is 3.42. The first-order valence-electron chi connectivity index (χ1n) is 8.34. The van der Waals surface area contributed by atoms with E-state index in [-0.39, 0.29) is 24.7 Å². The molecule has 0 aromatic heterocycles. The smallest absolute Gasteiger partial charge is 0.307 e. The van der Waals surface area contributed by atoms with Gasteiger partial charge in [0.25, 0.3) is 0 Å². The lowest BCUT2D eigenvalue weighted by Gasteiger charge is -2.23. The molecule has 5 heteroatoms. The van der Waals surface area contributed by atoms with E-state index in [2.05, 4.69) is 6.92 Å². The minimum absolute atomic E-state index is 0.00697. The first kappa shape index (κ1) is 16.1. The molecule has 3 unspecified atom stereocenters. The molecule has 4 atom stereocenters. The molecule has 3 rings (SSSR count). The van der Waals surface area contributed by atoms with E-state index in [1.54, 1.807) is 0 Å². The van der Waals surface area contributed by atoms with E-state index in [0.29, 0.717) is 12.4 Å². The van der Waals surface area contributed by atoms with Gasteiger partial charge in [0, 0.05) is 0 Å². The molecular formula is C18H24O5. The number of benzene rings is 1. The summed E-state index contributed by atoms with van der Waals surface area (Å²) in [7, 11) is 0. The summed E-state index contributed by atoms with van der Waals surface area (Å²) in [5.74, 6) is 0.382. The minimum atomic E-state index is -0.733. The largest absolute Gasteiger partial charge is 0.481 e. The van der Waals surface area contributed by atoms with Gasteiger partial charge in [0.1, 0.15) is 0 Å². The van der Waals surface area contributed by atoms with Crippen LogP contribution in [0.2, 0.25) is 0 Å². The van der Waals surface area contributed by atoms with E-state index in [1.807, 2.05) is 25.1 Å². The quantitative estimate of drug-likeness (QED) is 0.870. The average molecular weight is 320 g/mol. The Morgan fingerprint density at radius 1 is 1.35 bits per heavy atom. The molecule has 1 aromatic carbocycles. The highest BCUT2D eigenvalue weighted by Gasteiger charge is 2.42. The molecule has 0 saturated heterocycles. The highest BCUT2D eigenvalue weighted by Crippen LogP contribution is 2.46. The molecule has 0 bridgehead atoms. The molecule has 23 heavy (non-hydrogen) atoms. The molecule has 2 aliphatic rings. The molecule has 5 nitrogen and oxygen atoms in total. The Kier molecular flexibility index (Phi) is 4.76. The Bertz CT molecular complexity index is 571. The zero-order valence-electron chi connectivity index (χ0n) is 13.7. The van der Waals surface area contributed by atoms with E-state index in [9.17, 15) is 9.90 Å². The van der Waals surface area contributed by atoms with Gasteiger partial charge in [-0.05, 0) is 55.7 Å². The van der Waals surface area contributed by atoms with Crippen molar-refractivity contribution in [3.05, 3.63) is 23.8 Å². The van der Waals surface area contributed by atoms with Crippen LogP contribution in [0.25, 0.3) is 0 Å². The number of carbonyl (C=O) groups is 1. The number of hydrogen-bond donors (Lipinski definition) is 1. The maximum absolute atomic E-state index is 11.8. The van der Waals surface area contributed by atoms with Gasteiger partial charge < -0.3 is 19.3 Å². The van der Waals surface area contributed by atoms with Crippen LogP contribution in [0.3, 0.4) is 0 Å². The van der Waals surface area contributed by atoms with Crippen molar-refractivity contribution in [2.45, 2.75) is 45.1 Å². The number of rotatable bonds is 6. The highest BCUT2D eigenvalue weighted by atomic mass is 16.7. The summed E-state index contributed by atoms with van der Waals surface area (Å²) >= 11 is 0. The molecule has 1 N–H and O–H groups in total. The van der Waals surface area contributed by atoms with Gasteiger partial charge in [0.15, 0.2) is 11.5 Å². The van der Waals surface area contributed by atoms with Crippen molar-refractivity contribution in [3.8, 4) is 11.5 Å². The molecule has 1 saturated carbocycles. The third kappa shape index (κ3) is 3.29. The number of carboxylic acid groups (broad SMARTS) is 1. The molecule has 1 fully saturated rings. The van der Waals surface area contributed by atoms with E-state index in [0.717, 1.165) is 30.6 Å². The minimum Gasteiger partial charge on any atom is -0.481 e. The molecule has 1 heterocycles. The van der Waals surface area contributed by atoms with Crippen molar-refractivity contribution in [3.63, 3.8) is 0 Å². The van der Waals surface area contributed by atoms with Crippen LogP contribution in [-0.4, -0.2) is 30.6 Å². The molecule has 1 aromatic rings. The van der Waals surface area contributed by atoms with Crippen LogP contribution >= 0.6 is 0 Å². The Balaban J connectivity index is 1.75. The van der Waals surface area contributed by atoms with Gasteiger partial charge in [-0.25, -0.2) is 0 Å². The van der Waals surface area contributed by atoms with Crippen LogP contribution in [0.1, 0.15) is 44.6 Å². The Morgan fingerprint density at radius 2 is 2.13 bits per heavy atom. The van der Waals surface area contributed by atoms with Gasteiger partial charge in [-0.3, -0.25) is 4.79 Å². The normalized spacial score (nSPS) is 27.1. The molecule has 1 aliphatic heterocycles. The molecule has 126 valence electrons. The van der Waals surface area contributed by atoms with Crippen molar-refractivity contribution in [1.29, 1.82) is 0 Å². The summed E-state index contributed by atoms with van der Waals surface area (Å²) in [5, 5.41) is 9.72. The van der Waals surface area contributed by atoms with Crippen LogP contribution in [0.5, 0.6) is 11.5 Å². The van der Waals surface area contributed by atoms with E-state index in [4.69, 9.17) is 14.2 Å². The van der Waals surface area contributed by atoms with Crippen LogP contribution < -0.4 is 9.47 Å². The Hall–Kier alpha value is -1.75. The third-order valence-corrected chi connectivity index (χ3v) is 5.07. The average Bonchev–Trinajstić information content (AvgIpc) is 3.17. The number of hydrogen-bond acceptors (Lipinski definition) is 4. The van der Waals surface area contributed by atoms with Gasteiger partial charge in [-0.15, -0.1) is 0 Å². The first-order valence-corrected chi connectivity index (χ1v) is 8.34. The van der Waals surface area contributed by atoms with Crippen LogP contribution in [0.15, 0.2) is 18.2 Å². The Labute approximate surface area is 136 Å². The molecule has 0 radical (unpaired) electrons. The second kappa shape index (κ2) is 6.79. The molecule has 0 amide bonds. The summed E-state index contributed by atoms with van der Waals surface area (Å²) in [6.45, 7) is 4.85. The van der Waals surface area contributed by atoms with Gasteiger partial charge in [0.05, 0.1) is 18.6 Å². The maximum atomic E-state index is 11.8. The maximum Gasteiger partial charge on any atom is 0.307 e. The lowest BCUT2D eigenvalue weighted by atomic mass is 9.85. The van der Waals surface area contributed by atoms with E-state index >= 15 is 0 Å². The standard InChI is InChI=1S/C18H24O5/c1-3-11(2)21-9-13-4-6-14(17(13)18(19)20)12-5-7-15-16(8-12)23-10-22-15/h5,7-8,11,13-14,17H,3-4,6,9-10H2,1-2H3,(H,19,20)/t11?,13?,14?,17-/m0/s1. The second-order valence-corrected chi connectivity index (χ2v) is 6.47. The fourth-order valence-corrected chi connectivity index (χ4v) is 3.57. The second-order valence-electron chi connectivity index (χ2n) is 6.47. The van der Waals surface area contributed by atoms with E-state index < -0.39 is 11.9 Å². The number of fused-ring (bicyclic) bond motifs is 1. The van der Waals surface area contributed by atoms with Crippen LogP contribution in [0, 0.1) is 11.8 Å². The van der Waals surface area contributed by atoms with Crippen LogP contribution in [-0.2, 0) is 9.53 Å². The predicted molar refractivity (Wildman–Crippen MR) is 84.9 cm³/mol. The molecular weight excluding hydrogens is 296 g/mol. The van der Waals surface area contributed by atoms with E-state index in [1.165, 1.54) is 0 Å². The summed E-state index contributed by atoms with van der Waals surface area (Å²) in [4.78, 5) is 11.8. The first-order chi connectivity index (χ1) is 11.1.